The van der Waals surface area contributed by atoms with Crippen LogP contribution in [0, 0.1) is 5.82 Å². The van der Waals surface area contributed by atoms with Crippen LogP contribution in [0.5, 0.6) is 0 Å². The van der Waals surface area contributed by atoms with E-state index in [0.717, 1.165) is 12.5 Å². The predicted molar refractivity (Wildman–Crippen MR) is 106 cm³/mol. The van der Waals surface area contributed by atoms with Crippen LogP contribution in [0.15, 0.2) is 48.5 Å². The SMILES string of the molecule is O=C(COC(=O)CNC(=O)c1ccccc1F)Nc1ccccc1N1CCCC1=O. The molecule has 2 aromatic carbocycles. The van der Waals surface area contributed by atoms with Gasteiger partial charge < -0.3 is 20.3 Å². The van der Waals surface area contributed by atoms with Crippen molar-refractivity contribution >= 4 is 35.1 Å². The molecular weight excluding hydrogens is 393 g/mol. The summed E-state index contributed by atoms with van der Waals surface area (Å²) in [5, 5.41) is 4.85. The molecule has 2 aromatic rings. The minimum Gasteiger partial charge on any atom is -0.454 e. The number of carbonyl (C=O) groups is 4. The minimum absolute atomic E-state index is 0.0197. The van der Waals surface area contributed by atoms with E-state index in [9.17, 15) is 23.6 Å². The second-order valence-electron chi connectivity index (χ2n) is 6.54. The number of rotatable bonds is 7. The molecule has 0 bridgehead atoms. The molecule has 30 heavy (non-hydrogen) atoms. The van der Waals surface area contributed by atoms with Gasteiger partial charge in [-0.3, -0.25) is 19.2 Å². The van der Waals surface area contributed by atoms with Crippen molar-refractivity contribution in [3.63, 3.8) is 0 Å². The Kier molecular flexibility index (Phi) is 6.74. The van der Waals surface area contributed by atoms with Gasteiger partial charge in [0, 0.05) is 13.0 Å². The van der Waals surface area contributed by atoms with Crippen LogP contribution in [0.3, 0.4) is 0 Å². The third kappa shape index (κ3) is 5.19. The first-order chi connectivity index (χ1) is 14.5. The summed E-state index contributed by atoms with van der Waals surface area (Å²) in [5.74, 6) is -2.94. The molecule has 0 radical (unpaired) electrons. The molecule has 156 valence electrons. The van der Waals surface area contributed by atoms with Crippen molar-refractivity contribution in [2.45, 2.75) is 12.8 Å². The Hall–Kier alpha value is -3.75. The maximum atomic E-state index is 13.5. The van der Waals surface area contributed by atoms with Crippen LogP contribution in [0.4, 0.5) is 15.8 Å². The first kappa shape index (κ1) is 21.0. The molecular formula is C21H20FN3O5. The third-order valence-corrected chi connectivity index (χ3v) is 4.42. The van der Waals surface area contributed by atoms with Crippen LogP contribution >= 0.6 is 0 Å². The summed E-state index contributed by atoms with van der Waals surface area (Å²) in [4.78, 5) is 49.3. The predicted octanol–water partition coefficient (Wildman–Crippen LogP) is 1.86. The summed E-state index contributed by atoms with van der Waals surface area (Å²) in [6, 6.07) is 12.2. The Morgan fingerprint density at radius 3 is 2.53 bits per heavy atom. The Bertz CT molecular complexity index is 979. The quantitative estimate of drug-likeness (QED) is 0.675. The number of halogens is 1. The Morgan fingerprint density at radius 1 is 1.07 bits per heavy atom. The number of carbonyl (C=O) groups excluding carboxylic acids is 4. The molecule has 1 aliphatic heterocycles. The van der Waals surface area contributed by atoms with Gasteiger partial charge in [0.15, 0.2) is 6.61 Å². The number of hydrogen-bond donors (Lipinski definition) is 2. The van der Waals surface area contributed by atoms with Gasteiger partial charge in [-0.1, -0.05) is 24.3 Å². The van der Waals surface area contributed by atoms with Gasteiger partial charge in [-0.2, -0.15) is 0 Å². The average Bonchev–Trinajstić information content (AvgIpc) is 3.17. The highest BCUT2D eigenvalue weighted by molar-refractivity contribution is 6.02. The zero-order chi connectivity index (χ0) is 21.5. The summed E-state index contributed by atoms with van der Waals surface area (Å²) in [5.41, 5.74) is 0.814. The number of nitrogens with one attached hydrogen (secondary N) is 2. The largest absolute Gasteiger partial charge is 0.454 e. The highest BCUT2D eigenvalue weighted by Gasteiger charge is 2.24. The molecule has 0 spiro atoms. The molecule has 0 aromatic heterocycles. The van der Waals surface area contributed by atoms with E-state index in [1.54, 1.807) is 29.2 Å². The summed E-state index contributed by atoms with van der Waals surface area (Å²) in [6.45, 7) is -0.515. The number of anilines is 2. The van der Waals surface area contributed by atoms with E-state index in [4.69, 9.17) is 4.74 Å². The van der Waals surface area contributed by atoms with Crippen molar-refractivity contribution in [1.29, 1.82) is 0 Å². The Labute approximate surface area is 172 Å². The van der Waals surface area contributed by atoms with Gasteiger partial charge in [0.25, 0.3) is 11.8 Å². The van der Waals surface area contributed by atoms with E-state index in [1.165, 1.54) is 18.2 Å². The molecule has 1 heterocycles. The molecule has 1 aliphatic rings. The van der Waals surface area contributed by atoms with E-state index in [1.807, 2.05) is 0 Å². The van der Waals surface area contributed by atoms with Crippen LogP contribution in [0.2, 0.25) is 0 Å². The van der Waals surface area contributed by atoms with Gasteiger partial charge in [0.2, 0.25) is 5.91 Å². The van der Waals surface area contributed by atoms with Gasteiger partial charge in [-0.25, -0.2) is 4.39 Å². The fourth-order valence-electron chi connectivity index (χ4n) is 2.99. The molecule has 8 nitrogen and oxygen atoms in total. The highest BCUT2D eigenvalue weighted by Crippen LogP contribution is 2.29. The molecule has 0 atom stereocenters. The summed E-state index contributed by atoms with van der Waals surface area (Å²) >= 11 is 0. The van der Waals surface area contributed by atoms with Crippen LogP contribution in [0.25, 0.3) is 0 Å². The number of amides is 3. The smallest absolute Gasteiger partial charge is 0.325 e. The van der Waals surface area contributed by atoms with E-state index >= 15 is 0 Å². The molecule has 0 aliphatic carbocycles. The molecule has 9 heteroatoms. The molecule has 1 fully saturated rings. The monoisotopic (exact) mass is 413 g/mol. The van der Waals surface area contributed by atoms with Gasteiger partial charge in [0.1, 0.15) is 12.4 Å². The van der Waals surface area contributed by atoms with Crippen molar-refractivity contribution < 1.29 is 28.3 Å². The van der Waals surface area contributed by atoms with E-state index in [-0.39, 0.29) is 11.5 Å². The lowest BCUT2D eigenvalue weighted by molar-refractivity contribution is -0.146. The zero-order valence-electron chi connectivity index (χ0n) is 16.0. The van der Waals surface area contributed by atoms with Crippen molar-refractivity contribution in [2.75, 3.05) is 29.9 Å². The number of hydrogen-bond acceptors (Lipinski definition) is 5. The Morgan fingerprint density at radius 2 is 1.80 bits per heavy atom. The third-order valence-electron chi connectivity index (χ3n) is 4.42. The van der Waals surface area contributed by atoms with Crippen molar-refractivity contribution in [1.82, 2.24) is 5.32 Å². The second kappa shape index (κ2) is 9.64. The lowest BCUT2D eigenvalue weighted by atomic mass is 10.2. The van der Waals surface area contributed by atoms with Crippen LogP contribution in [-0.4, -0.2) is 43.4 Å². The number of nitrogens with zero attached hydrogens (tertiary/aromatic N) is 1. The lowest BCUT2D eigenvalue weighted by Gasteiger charge is -2.19. The number of esters is 1. The summed E-state index contributed by atoms with van der Waals surface area (Å²) in [6.07, 6.45) is 1.20. The van der Waals surface area contributed by atoms with Crippen LogP contribution in [-0.2, 0) is 19.1 Å². The van der Waals surface area contributed by atoms with Gasteiger partial charge in [-0.15, -0.1) is 0 Å². The van der Waals surface area contributed by atoms with Gasteiger partial charge in [-0.05, 0) is 30.7 Å². The fourth-order valence-corrected chi connectivity index (χ4v) is 2.99. The van der Waals surface area contributed by atoms with Crippen molar-refractivity contribution in [3.8, 4) is 0 Å². The summed E-state index contributed by atoms with van der Waals surface area (Å²) in [7, 11) is 0. The van der Waals surface area contributed by atoms with Gasteiger partial charge >= 0.3 is 5.97 Å². The molecule has 3 amide bonds. The maximum absolute atomic E-state index is 13.5. The minimum atomic E-state index is -0.849. The number of benzene rings is 2. The van der Waals surface area contributed by atoms with E-state index < -0.39 is 36.8 Å². The van der Waals surface area contributed by atoms with Crippen molar-refractivity contribution in [3.05, 3.63) is 59.9 Å². The van der Waals surface area contributed by atoms with E-state index in [0.29, 0.717) is 24.3 Å². The first-order valence-corrected chi connectivity index (χ1v) is 9.33. The topological polar surface area (TPSA) is 105 Å². The normalized spacial score (nSPS) is 13.1. The molecule has 2 N–H and O–H groups in total. The zero-order valence-corrected chi connectivity index (χ0v) is 16.0. The molecule has 0 unspecified atom stereocenters. The van der Waals surface area contributed by atoms with E-state index in [2.05, 4.69) is 10.6 Å². The fraction of sp³-hybridized carbons (Fsp3) is 0.238. The average molecular weight is 413 g/mol. The van der Waals surface area contributed by atoms with Crippen LogP contribution < -0.4 is 15.5 Å². The summed E-state index contributed by atoms with van der Waals surface area (Å²) < 4.78 is 18.4. The number of para-hydroxylation sites is 2. The molecule has 0 saturated carbocycles. The maximum Gasteiger partial charge on any atom is 0.325 e. The lowest BCUT2D eigenvalue weighted by Crippen LogP contribution is -2.32. The molecule has 1 saturated heterocycles. The number of ether oxygens (including phenoxy) is 1. The van der Waals surface area contributed by atoms with Crippen LogP contribution in [0.1, 0.15) is 23.2 Å². The molecule has 3 rings (SSSR count). The van der Waals surface area contributed by atoms with Crippen molar-refractivity contribution in [2.24, 2.45) is 0 Å². The first-order valence-electron chi connectivity index (χ1n) is 9.33. The standard InChI is InChI=1S/C21H20FN3O5/c22-15-7-2-1-6-14(15)21(29)23-12-20(28)30-13-18(26)24-16-8-3-4-9-17(16)25-11-5-10-19(25)27/h1-4,6-9H,5,10-13H2,(H,23,29)(H,24,26). The highest BCUT2D eigenvalue weighted by atomic mass is 19.1. The van der Waals surface area contributed by atoms with Gasteiger partial charge in [0.05, 0.1) is 16.9 Å². The second-order valence-corrected chi connectivity index (χ2v) is 6.54. The Balaban J connectivity index is 1.48.